The van der Waals surface area contributed by atoms with E-state index in [4.69, 9.17) is 11.6 Å². The highest BCUT2D eigenvalue weighted by Gasteiger charge is 2.38. The first-order chi connectivity index (χ1) is 11.3. The van der Waals surface area contributed by atoms with Crippen molar-refractivity contribution < 1.29 is 18.3 Å². The molecule has 0 spiro atoms. The van der Waals surface area contributed by atoms with E-state index in [1.165, 1.54) is 0 Å². The van der Waals surface area contributed by atoms with E-state index in [2.05, 4.69) is 15.3 Å². The van der Waals surface area contributed by atoms with Crippen molar-refractivity contribution in [2.45, 2.75) is 37.7 Å². The van der Waals surface area contributed by atoms with Crippen LogP contribution in [-0.4, -0.2) is 31.8 Å². The van der Waals surface area contributed by atoms with Gasteiger partial charge in [0.1, 0.15) is 5.82 Å². The second-order valence-corrected chi connectivity index (χ2v) is 6.40. The molecule has 9 heteroatoms. The number of anilines is 1. The number of hydrogen-bond donors (Lipinski definition) is 2. The lowest BCUT2D eigenvalue weighted by atomic mass is 10.1. The summed E-state index contributed by atoms with van der Waals surface area (Å²) in [4.78, 5) is 7.71. The van der Waals surface area contributed by atoms with Crippen molar-refractivity contribution in [1.82, 2.24) is 14.5 Å². The summed E-state index contributed by atoms with van der Waals surface area (Å²) in [6.45, 7) is 0.662. The average Bonchev–Trinajstić information content (AvgIpc) is 3.11. The van der Waals surface area contributed by atoms with Crippen LogP contribution in [0.15, 0.2) is 31.0 Å². The van der Waals surface area contributed by atoms with E-state index in [0.29, 0.717) is 19.4 Å². The zero-order valence-electron chi connectivity index (χ0n) is 12.5. The Balaban J connectivity index is 1.72. The quantitative estimate of drug-likeness (QED) is 0.879. The maximum absolute atomic E-state index is 13.1. The Morgan fingerprint density at radius 1 is 1.38 bits per heavy atom. The van der Waals surface area contributed by atoms with E-state index >= 15 is 0 Å². The van der Waals surface area contributed by atoms with Gasteiger partial charge in [-0.3, -0.25) is 0 Å². The molecule has 0 aliphatic heterocycles. The molecule has 24 heavy (non-hydrogen) atoms. The van der Waals surface area contributed by atoms with Crippen LogP contribution in [0.25, 0.3) is 0 Å². The van der Waals surface area contributed by atoms with E-state index in [1.807, 2.05) is 10.8 Å². The van der Waals surface area contributed by atoms with Gasteiger partial charge >= 0.3 is 6.18 Å². The Kier molecular flexibility index (Phi) is 4.69. The molecule has 3 atom stereocenters. The van der Waals surface area contributed by atoms with Crippen molar-refractivity contribution in [1.29, 1.82) is 0 Å². The van der Waals surface area contributed by atoms with Crippen LogP contribution in [0.2, 0.25) is 5.02 Å². The second-order valence-electron chi connectivity index (χ2n) is 5.96. The van der Waals surface area contributed by atoms with Crippen molar-refractivity contribution >= 4 is 17.4 Å². The Hall–Kier alpha value is -1.80. The molecule has 5 nitrogen and oxygen atoms in total. The van der Waals surface area contributed by atoms with E-state index in [-0.39, 0.29) is 16.8 Å². The predicted molar refractivity (Wildman–Crippen MR) is 82.6 cm³/mol. The Morgan fingerprint density at radius 2 is 2.17 bits per heavy atom. The predicted octanol–water partition coefficient (Wildman–Crippen LogP) is 3.20. The molecule has 2 aromatic rings. The summed E-state index contributed by atoms with van der Waals surface area (Å²) in [5.41, 5.74) is -0.930. The molecule has 3 rings (SSSR count). The minimum atomic E-state index is -4.57. The van der Waals surface area contributed by atoms with Crippen LogP contribution in [0, 0.1) is 5.92 Å². The number of nitrogens with zero attached hydrogens (tertiary/aromatic N) is 3. The normalized spacial score (nSPS) is 24.3. The first-order valence-electron chi connectivity index (χ1n) is 7.46. The molecule has 2 aromatic heterocycles. The molecule has 0 aromatic carbocycles. The number of rotatable bonds is 4. The van der Waals surface area contributed by atoms with Gasteiger partial charge in [-0.05, 0) is 24.8 Å². The smallest absolute Gasteiger partial charge is 0.391 e. The highest BCUT2D eigenvalue weighted by molar-refractivity contribution is 6.30. The van der Waals surface area contributed by atoms with Crippen LogP contribution in [0.5, 0.6) is 0 Å². The van der Waals surface area contributed by atoms with Crippen LogP contribution >= 0.6 is 11.6 Å². The van der Waals surface area contributed by atoms with Crippen molar-refractivity contribution in [2.75, 3.05) is 5.32 Å². The summed E-state index contributed by atoms with van der Waals surface area (Å²) < 4.78 is 41.2. The van der Waals surface area contributed by atoms with Gasteiger partial charge in [0, 0.05) is 25.1 Å². The van der Waals surface area contributed by atoms with Crippen molar-refractivity contribution in [3.8, 4) is 0 Å². The fourth-order valence-electron chi connectivity index (χ4n) is 3.06. The second kappa shape index (κ2) is 6.60. The van der Waals surface area contributed by atoms with Crippen LogP contribution in [0.1, 0.15) is 18.4 Å². The monoisotopic (exact) mass is 360 g/mol. The van der Waals surface area contributed by atoms with Gasteiger partial charge < -0.3 is 15.0 Å². The molecule has 0 radical (unpaired) electrons. The molecule has 2 N–H and O–H groups in total. The summed E-state index contributed by atoms with van der Waals surface area (Å²) in [6.07, 6.45) is 2.05. The lowest BCUT2D eigenvalue weighted by molar-refractivity contribution is -0.137. The number of hydrogen-bond acceptors (Lipinski definition) is 4. The van der Waals surface area contributed by atoms with Gasteiger partial charge in [-0.25, -0.2) is 9.97 Å². The summed E-state index contributed by atoms with van der Waals surface area (Å²) in [5.74, 6) is -0.160. The molecule has 0 amide bonds. The van der Waals surface area contributed by atoms with Crippen molar-refractivity contribution in [2.24, 2.45) is 5.92 Å². The standard InChI is InChI=1S/C15H16ClF3N4O/c16-10-5-11(15(17,18)19)14(21-6-10)22-12-3-9(4-13(12)24)7-23-2-1-20-8-23/h1-2,5-6,8-9,12-13,24H,3-4,7H2,(H,21,22)/t9?,12-,13-/m1/s1. The molecular weight excluding hydrogens is 345 g/mol. The molecule has 0 bridgehead atoms. The van der Waals surface area contributed by atoms with Crippen LogP contribution < -0.4 is 5.32 Å². The number of halogens is 4. The number of pyridine rings is 1. The number of nitrogens with one attached hydrogen (secondary N) is 1. The molecule has 2 heterocycles. The zero-order valence-corrected chi connectivity index (χ0v) is 13.3. The van der Waals surface area contributed by atoms with E-state index in [9.17, 15) is 18.3 Å². The SMILES string of the molecule is O[C@@H]1CC(Cn2ccnc2)C[C@H]1Nc1ncc(Cl)cc1C(F)(F)F. The fourth-order valence-corrected chi connectivity index (χ4v) is 3.22. The van der Waals surface area contributed by atoms with Crippen molar-refractivity contribution in [3.05, 3.63) is 41.6 Å². The van der Waals surface area contributed by atoms with Gasteiger partial charge in [0.2, 0.25) is 0 Å². The maximum atomic E-state index is 13.1. The first-order valence-corrected chi connectivity index (χ1v) is 7.84. The molecule has 1 fully saturated rings. The van der Waals surface area contributed by atoms with Gasteiger partial charge in [0.25, 0.3) is 0 Å². The average molecular weight is 361 g/mol. The fraction of sp³-hybridized carbons (Fsp3) is 0.467. The van der Waals surface area contributed by atoms with E-state index < -0.39 is 23.9 Å². The van der Waals surface area contributed by atoms with Gasteiger partial charge in [-0.1, -0.05) is 11.6 Å². The molecule has 1 aliphatic carbocycles. The van der Waals surface area contributed by atoms with Crippen LogP contribution in [0.3, 0.4) is 0 Å². The number of aliphatic hydroxyl groups excluding tert-OH is 1. The summed E-state index contributed by atoms with van der Waals surface area (Å²) >= 11 is 5.62. The first kappa shape index (κ1) is 17.0. The minimum Gasteiger partial charge on any atom is -0.391 e. The summed E-state index contributed by atoms with van der Waals surface area (Å²) in [6, 6.07) is 0.342. The van der Waals surface area contributed by atoms with Crippen LogP contribution in [0.4, 0.5) is 19.0 Å². The van der Waals surface area contributed by atoms with E-state index in [1.54, 1.807) is 12.5 Å². The summed E-state index contributed by atoms with van der Waals surface area (Å²) in [5, 5.41) is 12.8. The maximum Gasteiger partial charge on any atom is 0.420 e. The molecular formula is C15H16ClF3N4O. The van der Waals surface area contributed by atoms with Gasteiger partial charge in [-0.2, -0.15) is 13.2 Å². The number of alkyl halides is 3. The van der Waals surface area contributed by atoms with Gasteiger partial charge in [0.05, 0.1) is 29.1 Å². The zero-order chi connectivity index (χ0) is 17.3. The topological polar surface area (TPSA) is 63.0 Å². The third-order valence-corrected chi connectivity index (χ3v) is 4.34. The van der Waals surface area contributed by atoms with Crippen molar-refractivity contribution in [3.63, 3.8) is 0 Å². The molecule has 1 saturated carbocycles. The van der Waals surface area contributed by atoms with Gasteiger partial charge in [-0.15, -0.1) is 0 Å². The molecule has 130 valence electrons. The highest BCUT2D eigenvalue weighted by atomic mass is 35.5. The molecule has 1 aliphatic rings. The van der Waals surface area contributed by atoms with Gasteiger partial charge in [0.15, 0.2) is 0 Å². The third kappa shape index (κ3) is 3.81. The number of aromatic nitrogens is 3. The largest absolute Gasteiger partial charge is 0.420 e. The third-order valence-electron chi connectivity index (χ3n) is 4.14. The van der Waals surface area contributed by atoms with E-state index in [0.717, 1.165) is 12.3 Å². The van der Waals surface area contributed by atoms with Crippen LogP contribution in [-0.2, 0) is 12.7 Å². The number of imidazole rings is 1. The Labute approximate surface area is 141 Å². The highest BCUT2D eigenvalue weighted by Crippen LogP contribution is 2.37. The minimum absolute atomic E-state index is 0.0853. The Morgan fingerprint density at radius 3 is 2.83 bits per heavy atom. The molecule has 1 unspecified atom stereocenters. The molecule has 0 saturated heterocycles. The number of aliphatic hydroxyl groups is 1. The Bertz CT molecular complexity index is 693. The lowest BCUT2D eigenvalue weighted by Crippen LogP contribution is -2.29. The summed E-state index contributed by atoms with van der Waals surface area (Å²) in [7, 11) is 0. The lowest BCUT2D eigenvalue weighted by Gasteiger charge is -2.20.